The molecule has 5 nitrogen and oxygen atoms in total. The van der Waals surface area contributed by atoms with Crippen molar-refractivity contribution in [3.8, 4) is 0 Å². The average molecular weight is 260 g/mol. The molecule has 0 saturated carbocycles. The minimum atomic E-state index is 0.0814. The summed E-state index contributed by atoms with van der Waals surface area (Å²) in [5, 5.41) is 6.48. The zero-order valence-electron chi connectivity index (χ0n) is 10.9. The molecule has 2 saturated heterocycles. The molecule has 0 aliphatic carbocycles. The molecule has 2 atom stereocenters. The van der Waals surface area contributed by atoms with Crippen molar-refractivity contribution < 1.29 is 4.79 Å². The van der Waals surface area contributed by atoms with Gasteiger partial charge in [-0.3, -0.25) is 4.79 Å². The van der Waals surface area contributed by atoms with Gasteiger partial charge in [0.05, 0.1) is 11.9 Å². The molecule has 2 aliphatic heterocycles. The molecule has 3 rings (SSSR count). The molecule has 2 bridgehead atoms. The summed E-state index contributed by atoms with van der Waals surface area (Å²) in [5.74, 6) is 1.06. The fourth-order valence-corrected chi connectivity index (χ4v) is 3.30. The van der Waals surface area contributed by atoms with E-state index in [1.165, 1.54) is 12.8 Å². The Bertz CT molecular complexity index is 447. The largest absolute Gasteiger partial charge is 0.384 e. The number of rotatable bonds is 3. The molecule has 1 aromatic rings. The van der Waals surface area contributed by atoms with Crippen LogP contribution in [0.15, 0.2) is 18.3 Å². The second kappa shape index (κ2) is 5.17. The molecule has 2 aliphatic rings. The second-order valence-electron chi connectivity index (χ2n) is 5.70. The van der Waals surface area contributed by atoms with E-state index in [1.807, 2.05) is 0 Å². The monoisotopic (exact) mass is 260 g/mol. The Labute approximate surface area is 113 Å². The summed E-state index contributed by atoms with van der Waals surface area (Å²) in [6.45, 7) is 0. The number of amides is 1. The minimum Gasteiger partial charge on any atom is -0.384 e. The van der Waals surface area contributed by atoms with Crippen LogP contribution in [0.4, 0.5) is 11.5 Å². The highest BCUT2D eigenvalue weighted by atomic mass is 16.1. The maximum absolute atomic E-state index is 12.0. The quantitative estimate of drug-likeness (QED) is 0.770. The van der Waals surface area contributed by atoms with Crippen LogP contribution in [-0.4, -0.2) is 23.0 Å². The van der Waals surface area contributed by atoms with Crippen LogP contribution < -0.4 is 16.4 Å². The topological polar surface area (TPSA) is 80.0 Å². The van der Waals surface area contributed by atoms with Crippen molar-refractivity contribution in [2.75, 3.05) is 11.1 Å². The van der Waals surface area contributed by atoms with Gasteiger partial charge in [-0.15, -0.1) is 0 Å². The van der Waals surface area contributed by atoms with Crippen molar-refractivity contribution in [3.05, 3.63) is 18.3 Å². The number of piperidine rings is 1. The van der Waals surface area contributed by atoms with E-state index in [0.717, 1.165) is 18.5 Å². The van der Waals surface area contributed by atoms with Gasteiger partial charge in [-0.1, -0.05) is 0 Å². The van der Waals surface area contributed by atoms with Crippen LogP contribution in [0.2, 0.25) is 0 Å². The molecule has 0 spiro atoms. The third-order valence-corrected chi connectivity index (χ3v) is 4.11. The van der Waals surface area contributed by atoms with Crippen molar-refractivity contribution in [1.29, 1.82) is 0 Å². The van der Waals surface area contributed by atoms with Gasteiger partial charge in [-0.05, 0) is 43.7 Å². The molecule has 1 aromatic heterocycles. The Balaban J connectivity index is 1.52. The zero-order valence-corrected chi connectivity index (χ0v) is 10.9. The number of aromatic nitrogens is 1. The van der Waals surface area contributed by atoms with Gasteiger partial charge in [0.1, 0.15) is 5.82 Å². The molecule has 0 aromatic carbocycles. The van der Waals surface area contributed by atoms with E-state index in [1.54, 1.807) is 18.3 Å². The van der Waals surface area contributed by atoms with Crippen molar-refractivity contribution >= 4 is 17.4 Å². The SMILES string of the molecule is Nc1ccc(NC(=O)CC2CC3CCC(C2)N3)cn1. The van der Waals surface area contributed by atoms with Crippen LogP contribution >= 0.6 is 0 Å². The zero-order chi connectivity index (χ0) is 13.2. The van der Waals surface area contributed by atoms with E-state index >= 15 is 0 Å². The molecule has 1 amide bonds. The Morgan fingerprint density at radius 2 is 2.11 bits per heavy atom. The van der Waals surface area contributed by atoms with Gasteiger partial charge < -0.3 is 16.4 Å². The summed E-state index contributed by atoms with van der Waals surface area (Å²) in [4.78, 5) is 16.0. The first-order chi connectivity index (χ1) is 9.19. The fourth-order valence-electron chi connectivity index (χ4n) is 3.30. The normalized spacial score (nSPS) is 29.2. The van der Waals surface area contributed by atoms with Crippen molar-refractivity contribution in [2.24, 2.45) is 5.92 Å². The lowest BCUT2D eigenvalue weighted by Crippen LogP contribution is -2.39. The van der Waals surface area contributed by atoms with Gasteiger partial charge in [-0.2, -0.15) is 0 Å². The smallest absolute Gasteiger partial charge is 0.224 e. The molecular formula is C14H20N4O. The Morgan fingerprint density at radius 1 is 1.37 bits per heavy atom. The number of hydrogen-bond acceptors (Lipinski definition) is 4. The van der Waals surface area contributed by atoms with Gasteiger partial charge in [0, 0.05) is 18.5 Å². The van der Waals surface area contributed by atoms with Crippen molar-refractivity contribution in [3.63, 3.8) is 0 Å². The van der Waals surface area contributed by atoms with Gasteiger partial charge in [0.15, 0.2) is 0 Å². The van der Waals surface area contributed by atoms with E-state index < -0.39 is 0 Å². The number of nitrogens with two attached hydrogens (primary N) is 1. The van der Waals surface area contributed by atoms with Crippen molar-refractivity contribution in [2.45, 2.75) is 44.2 Å². The first-order valence-corrected chi connectivity index (χ1v) is 6.96. The van der Waals surface area contributed by atoms with Gasteiger partial charge in [-0.25, -0.2) is 4.98 Å². The number of nitrogens with zero attached hydrogens (tertiary/aromatic N) is 1. The Kier molecular flexibility index (Phi) is 3.38. The second-order valence-corrected chi connectivity index (χ2v) is 5.70. The number of nitrogen functional groups attached to an aromatic ring is 1. The standard InChI is InChI=1S/C14H20N4O/c15-13-4-3-12(8-16-13)18-14(19)7-9-5-10-1-2-11(6-9)17-10/h3-4,8-11,17H,1-2,5-7H2,(H2,15,16)(H,18,19). The number of pyridine rings is 1. The lowest BCUT2D eigenvalue weighted by Gasteiger charge is -2.28. The summed E-state index contributed by atoms with van der Waals surface area (Å²) in [6.07, 6.45) is 7.00. The number of fused-ring (bicyclic) bond motifs is 2. The summed E-state index contributed by atoms with van der Waals surface area (Å²) >= 11 is 0. The van der Waals surface area contributed by atoms with Crippen LogP contribution in [0.25, 0.3) is 0 Å². The maximum atomic E-state index is 12.0. The first-order valence-electron chi connectivity index (χ1n) is 6.96. The lowest BCUT2D eigenvalue weighted by atomic mass is 9.89. The number of anilines is 2. The summed E-state index contributed by atoms with van der Waals surface area (Å²) in [7, 11) is 0. The van der Waals surface area contributed by atoms with Crippen LogP contribution in [0, 0.1) is 5.92 Å². The van der Waals surface area contributed by atoms with Gasteiger partial charge >= 0.3 is 0 Å². The molecule has 102 valence electrons. The Morgan fingerprint density at radius 3 is 2.74 bits per heavy atom. The highest BCUT2D eigenvalue weighted by Crippen LogP contribution is 2.32. The highest BCUT2D eigenvalue weighted by molar-refractivity contribution is 5.90. The van der Waals surface area contributed by atoms with E-state index in [0.29, 0.717) is 30.2 Å². The minimum absolute atomic E-state index is 0.0814. The predicted octanol–water partition coefficient (Wildman–Crippen LogP) is 1.52. The molecule has 0 radical (unpaired) electrons. The van der Waals surface area contributed by atoms with Crippen LogP contribution in [0.5, 0.6) is 0 Å². The van der Waals surface area contributed by atoms with Crippen LogP contribution in [-0.2, 0) is 4.79 Å². The molecule has 2 fully saturated rings. The molecule has 3 heterocycles. The van der Waals surface area contributed by atoms with Crippen LogP contribution in [0.3, 0.4) is 0 Å². The molecular weight excluding hydrogens is 240 g/mol. The number of carbonyl (C=O) groups is 1. The lowest BCUT2D eigenvalue weighted by molar-refractivity contribution is -0.117. The first kappa shape index (κ1) is 12.4. The fraction of sp³-hybridized carbons (Fsp3) is 0.571. The van der Waals surface area contributed by atoms with E-state index in [9.17, 15) is 4.79 Å². The van der Waals surface area contributed by atoms with Crippen LogP contribution in [0.1, 0.15) is 32.1 Å². The molecule has 5 heteroatoms. The third kappa shape index (κ3) is 3.04. The van der Waals surface area contributed by atoms with E-state index in [4.69, 9.17) is 5.73 Å². The molecule has 4 N–H and O–H groups in total. The summed E-state index contributed by atoms with van der Waals surface area (Å²) in [6, 6.07) is 4.75. The van der Waals surface area contributed by atoms with E-state index in [2.05, 4.69) is 15.6 Å². The molecule has 2 unspecified atom stereocenters. The van der Waals surface area contributed by atoms with Gasteiger partial charge in [0.25, 0.3) is 0 Å². The number of hydrogen-bond donors (Lipinski definition) is 3. The number of nitrogens with one attached hydrogen (secondary N) is 2. The summed E-state index contributed by atoms with van der Waals surface area (Å²) in [5.41, 5.74) is 6.23. The third-order valence-electron chi connectivity index (χ3n) is 4.11. The summed E-state index contributed by atoms with van der Waals surface area (Å²) < 4.78 is 0. The van der Waals surface area contributed by atoms with Crippen molar-refractivity contribution in [1.82, 2.24) is 10.3 Å². The van der Waals surface area contributed by atoms with Gasteiger partial charge in [0.2, 0.25) is 5.91 Å². The average Bonchev–Trinajstić information content (AvgIpc) is 2.72. The Hall–Kier alpha value is -1.62. The van der Waals surface area contributed by atoms with E-state index in [-0.39, 0.29) is 5.91 Å². The maximum Gasteiger partial charge on any atom is 0.224 e. The predicted molar refractivity (Wildman–Crippen MR) is 74.6 cm³/mol. The highest BCUT2D eigenvalue weighted by Gasteiger charge is 2.34. The number of carbonyl (C=O) groups excluding carboxylic acids is 1. The molecule has 19 heavy (non-hydrogen) atoms.